The molecule has 1 unspecified atom stereocenters. The molecule has 0 radical (unpaired) electrons. The lowest BCUT2D eigenvalue weighted by Gasteiger charge is -2.41. The summed E-state index contributed by atoms with van der Waals surface area (Å²) in [4.78, 5) is 2.48. The Morgan fingerprint density at radius 1 is 0.952 bits per heavy atom. The smallest absolute Gasteiger partial charge is 0.217 e. The van der Waals surface area contributed by atoms with E-state index >= 15 is 0 Å². The highest BCUT2D eigenvalue weighted by molar-refractivity contribution is 7.90. The average molecular weight is 306 g/mol. The average Bonchev–Trinajstić information content (AvgIpc) is 3.40. The monoisotopic (exact) mass is 306 g/mol. The molecule has 4 rings (SSSR count). The number of piperazine rings is 1. The van der Waals surface area contributed by atoms with Crippen LogP contribution >= 0.6 is 0 Å². The van der Waals surface area contributed by atoms with Gasteiger partial charge in [-0.3, -0.25) is 4.90 Å². The van der Waals surface area contributed by atoms with Crippen LogP contribution in [0.3, 0.4) is 0 Å². The van der Waals surface area contributed by atoms with Crippen molar-refractivity contribution in [3.8, 4) is 0 Å². The van der Waals surface area contributed by atoms with Gasteiger partial charge in [-0.2, -0.15) is 4.31 Å². The lowest BCUT2D eigenvalue weighted by atomic mass is 10.0. The van der Waals surface area contributed by atoms with Gasteiger partial charge in [0.05, 0.1) is 11.3 Å². The van der Waals surface area contributed by atoms with Crippen LogP contribution in [-0.2, 0) is 10.0 Å². The second-order valence-electron chi connectivity index (χ2n) is 6.51. The van der Waals surface area contributed by atoms with Crippen molar-refractivity contribution in [3.05, 3.63) is 35.9 Å². The van der Waals surface area contributed by atoms with Crippen LogP contribution in [0.25, 0.3) is 0 Å². The molecule has 0 spiro atoms. The van der Waals surface area contributed by atoms with E-state index in [9.17, 15) is 8.42 Å². The molecule has 1 aromatic carbocycles. The first kappa shape index (κ1) is 13.7. The minimum Gasteiger partial charge on any atom is -0.297 e. The largest absolute Gasteiger partial charge is 0.297 e. The van der Waals surface area contributed by atoms with Crippen molar-refractivity contribution in [1.29, 1.82) is 0 Å². The van der Waals surface area contributed by atoms with Gasteiger partial charge < -0.3 is 0 Å². The highest BCUT2D eigenvalue weighted by atomic mass is 32.2. The summed E-state index contributed by atoms with van der Waals surface area (Å²) < 4.78 is 27.3. The molecule has 1 saturated heterocycles. The summed E-state index contributed by atoms with van der Waals surface area (Å²) in [6, 6.07) is 10.8. The Kier molecular flexibility index (Phi) is 3.32. The fourth-order valence-corrected chi connectivity index (χ4v) is 5.36. The van der Waals surface area contributed by atoms with Gasteiger partial charge in [0, 0.05) is 25.7 Å². The van der Waals surface area contributed by atoms with E-state index in [4.69, 9.17) is 0 Å². The molecule has 2 saturated carbocycles. The van der Waals surface area contributed by atoms with Crippen molar-refractivity contribution >= 4 is 10.0 Å². The van der Waals surface area contributed by atoms with Crippen LogP contribution < -0.4 is 0 Å². The van der Waals surface area contributed by atoms with E-state index in [1.54, 1.807) is 4.31 Å². The second-order valence-corrected chi connectivity index (χ2v) is 8.67. The Hall–Kier alpha value is -0.910. The zero-order valence-corrected chi connectivity index (χ0v) is 13.0. The fourth-order valence-electron chi connectivity index (χ4n) is 3.37. The normalized spacial score (nSPS) is 28.7. The van der Waals surface area contributed by atoms with E-state index in [2.05, 4.69) is 17.0 Å². The topological polar surface area (TPSA) is 40.6 Å². The van der Waals surface area contributed by atoms with E-state index in [-0.39, 0.29) is 11.3 Å². The molecule has 21 heavy (non-hydrogen) atoms. The maximum atomic E-state index is 12.7. The molecule has 1 aliphatic heterocycles. The number of sulfonamides is 1. The van der Waals surface area contributed by atoms with Gasteiger partial charge in [-0.15, -0.1) is 0 Å². The van der Waals surface area contributed by atoms with Crippen molar-refractivity contribution in [3.63, 3.8) is 0 Å². The van der Waals surface area contributed by atoms with Crippen molar-refractivity contribution in [1.82, 2.24) is 9.21 Å². The molecular weight excluding hydrogens is 284 g/mol. The summed E-state index contributed by atoms with van der Waals surface area (Å²) in [5.41, 5.74) is 1.13. The first-order chi connectivity index (χ1) is 10.2. The standard InChI is InChI=1S/C16H22N2O2S/c19-21(20,15-8-9-15)18-11-10-17(14-6-7-14)12-16(18)13-4-2-1-3-5-13/h1-5,14-16H,6-12H2. The Balaban J connectivity index is 1.64. The fraction of sp³-hybridized carbons (Fsp3) is 0.625. The lowest BCUT2D eigenvalue weighted by Crippen LogP contribution is -2.51. The van der Waals surface area contributed by atoms with E-state index in [1.165, 1.54) is 12.8 Å². The zero-order valence-electron chi connectivity index (χ0n) is 12.2. The van der Waals surface area contributed by atoms with Crippen LogP contribution in [-0.4, -0.2) is 48.5 Å². The van der Waals surface area contributed by atoms with Crippen molar-refractivity contribution in [2.75, 3.05) is 19.6 Å². The van der Waals surface area contributed by atoms with Gasteiger partial charge in [0.1, 0.15) is 0 Å². The van der Waals surface area contributed by atoms with Crippen LogP contribution in [0.2, 0.25) is 0 Å². The third-order valence-electron chi connectivity index (χ3n) is 4.88. The molecule has 3 fully saturated rings. The third-order valence-corrected chi connectivity index (χ3v) is 7.29. The summed E-state index contributed by atoms with van der Waals surface area (Å²) in [6.45, 7) is 2.38. The van der Waals surface area contributed by atoms with Crippen LogP contribution in [0, 0.1) is 0 Å². The molecule has 1 atom stereocenters. The zero-order chi connectivity index (χ0) is 14.4. The minimum absolute atomic E-state index is 0.00819. The van der Waals surface area contributed by atoms with E-state index in [0.717, 1.165) is 31.5 Å². The van der Waals surface area contributed by atoms with Crippen LogP contribution in [0.1, 0.15) is 37.3 Å². The summed E-state index contributed by atoms with van der Waals surface area (Å²) >= 11 is 0. The third kappa shape index (κ3) is 2.62. The van der Waals surface area contributed by atoms with Crippen molar-refractivity contribution in [2.24, 2.45) is 0 Å². The maximum Gasteiger partial charge on any atom is 0.217 e. The van der Waals surface area contributed by atoms with Crippen LogP contribution in [0.4, 0.5) is 0 Å². The van der Waals surface area contributed by atoms with Gasteiger partial charge in [-0.25, -0.2) is 8.42 Å². The summed E-state index contributed by atoms with van der Waals surface area (Å²) in [7, 11) is -3.11. The molecule has 114 valence electrons. The summed E-state index contributed by atoms with van der Waals surface area (Å²) in [6.07, 6.45) is 4.23. The number of rotatable bonds is 4. The van der Waals surface area contributed by atoms with Gasteiger partial charge in [0.25, 0.3) is 0 Å². The summed E-state index contributed by atoms with van der Waals surface area (Å²) in [5, 5.41) is -0.115. The van der Waals surface area contributed by atoms with Gasteiger partial charge in [-0.1, -0.05) is 30.3 Å². The number of nitrogens with zero attached hydrogens (tertiary/aromatic N) is 2. The van der Waals surface area contributed by atoms with Crippen molar-refractivity contribution in [2.45, 2.75) is 43.0 Å². The van der Waals surface area contributed by atoms with Crippen LogP contribution in [0.5, 0.6) is 0 Å². The Labute approximate surface area is 126 Å². The predicted octanol–water partition coefficient (Wildman–Crippen LogP) is 2.00. The minimum atomic E-state index is -3.11. The van der Waals surface area contributed by atoms with E-state index < -0.39 is 10.0 Å². The first-order valence-electron chi connectivity index (χ1n) is 7.96. The molecule has 3 aliphatic rings. The van der Waals surface area contributed by atoms with E-state index in [0.29, 0.717) is 12.6 Å². The molecule has 2 aliphatic carbocycles. The Bertz CT molecular complexity index is 608. The molecule has 0 bridgehead atoms. The number of hydrogen-bond donors (Lipinski definition) is 0. The molecule has 1 aromatic rings. The molecule has 0 amide bonds. The quantitative estimate of drug-likeness (QED) is 0.854. The number of benzene rings is 1. The Morgan fingerprint density at radius 2 is 1.67 bits per heavy atom. The van der Waals surface area contributed by atoms with Gasteiger partial charge in [0.2, 0.25) is 10.0 Å². The molecule has 4 nitrogen and oxygen atoms in total. The molecular formula is C16H22N2O2S. The molecule has 0 N–H and O–H groups in total. The highest BCUT2D eigenvalue weighted by Crippen LogP contribution is 2.39. The predicted molar refractivity (Wildman–Crippen MR) is 82.4 cm³/mol. The highest BCUT2D eigenvalue weighted by Gasteiger charge is 2.46. The maximum absolute atomic E-state index is 12.7. The van der Waals surface area contributed by atoms with Gasteiger partial charge in [-0.05, 0) is 31.2 Å². The van der Waals surface area contributed by atoms with Crippen molar-refractivity contribution < 1.29 is 8.42 Å². The number of hydrogen-bond acceptors (Lipinski definition) is 3. The van der Waals surface area contributed by atoms with Gasteiger partial charge >= 0.3 is 0 Å². The van der Waals surface area contributed by atoms with Crippen LogP contribution in [0.15, 0.2) is 30.3 Å². The summed E-state index contributed by atoms with van der Waals surface area (Å²) in [5.74, 6) is 0. The SMILES string of the molecule is O=S(=O)(C1CC1)N1CCN(C2CC2)CC1c1ccccc1. The lowest BCUT2D eigenvalue weighted by molar-refractivity contribution is 0.128. The Morgan fingerprint density at radius 3 is 2.29 bits per heavy atom. The van der Waals surface area contributed by atoms with Gasteiger partial charge in [0.15, 0.2) is 0 Å². The van der Waals surface area contributed by atoms with E-state index in [1.807, 2.05) is 18.2 Å². The molecule has 0 aromatic heterocycles. The second kappa shape index (κ2) is 5.07. The first-order valence-corrected chi connectivity index (χ1v) is 9.46. The molecule has 1 heterocycles. The molecule has 5 heteroatoms.